The average molecular weight is 334 g/mol. The predicted molar refractivity (Wildman–Crippen MR) is 93.7 cm³/mol. The molecule has 124 valence electrons. The van der Waals surface area contributed by atoms with Gasteiger partial charge < -0.3 is 15.6 Å². The van der Waals surface area contributed by atoms with Crippen LogP contribution in [0.2, 0.25) is 0 Å². The fraction of sp³-hybridized carbons (Fsp3) is 0.0556. The lowest BCUT2D eigenvalue weighted by Crippen LogP contribution is -2.22. The number of aromatic amines is 1. The summed E-state index contributed by atoms with van der Waals surface area (Å²) in [5.74, 6) is -1.12. The van der Waals surface area contributed by atoms with Gasteiger partial charge in [0.25, 0.3) is 11.8 Å². The zero-order chi connectivity index (χ0) is 17.4. The Morgan fingerprint density at radius 3 is 2.72 bits per heavy atom. The van der Waals surface area contributed by atoms with Crippen LogP contribution in [0.1, 0.15) is 20.7 Å². The third-order valence-electron chi connectivity index (χ3n) is 4.05. The van der Waals surface area contributed by atoms with Crippen molar-refractivity contribution < 1.29 is 14.4 Å². The van der Waals surface area contributed by atoms with E-state index in [9.17, 15) is 14.4 Å². The van der Waals surface area contributed by atoms with Crippen molar-refractivity contribution in [1.82, 2.24) is 10.3 Å². The Hall–Kier alpha value is -3.61. The van der Waals surface area contributed by atoms with Gasteiger partial charge in [0.2, 0.25) is 5.91 Å². The number of hydrogen-bond donors (Lipinski definition) is 4. The molecule has 0 saturated carbocycles. The van der Waals surface area contributed by atoms with Gasteiger partial charge in [-0.05, 0) is 36.4 Å². The first-order valence-electron chi connectivity index (χ1n) is 7.71. The van der Waals surface area contributed by atoms with Crippen LogP contribution in [0, 0.1) is 0 Å². The number of carbonyl (C=O) groups is 3. The van der Waals surface area contributed by atoms with Crippen LogP contribution >= 0.6 is 0 Å². The zero-order valence-electron chi connectivity index (χ0n) is 13.1. The van der Waals surface area contributed by atoms with Crippen molar-refractivity contribution in [2.75, 3.05) is 17.2 Å². The van der Waals surface area contributed by atoms with Crippen molar-refractivity contribution in [1.29, 1.82) is 0 Å². The highest BCUT2D eigenvalue weighted by atomic mass is 16.2. The molecule has 0 aliphatic carbocycles. The Kier molecular flexibility index (Phi) is 3.46. The average Bonchev–Trinajstić information content (AvgIpc) is 3.18. The molecule has 0 bridgehead atoms. The van der Waals surface area contributed by atoms with E-state index in [0.29, 0.717) is 11.3 Å². The van der Waals surface area contributed by atoms with Gasteiger partial charge in [0.1, 0.15) is 0 Å². The van der Waals surface area contributed by atoms with Crippen molar-refractivity contribution in [3.8, 4) is 0 Å². The lowest BCUT2D eigenvalue weighted by Gasteiger charge is -2.09. The Labute approximate surface area is 142 Å². The monoisotopic (exact) mass is 334 g/mol. The van der Waals surface area contributed by atoms with Crippen molar-refractivity contribution in [3.63, 3.8) is 0 Å². The lowest BCUT2D eigenvalue weighted by molar-refractivity contribution is -0.114. The molecule has 2 aromatic carbocycles. The molecular formula is C18H14N4O3. The molecule has 1 aliphatic rings. The molecule has 0 spiro atoms. The molecule has 0 unspecified atom stereocenters. The number of aromatic nitrogens is 1. The van der Waals surface area contributed by atoms with Gasteiger partial charge in [0.05, 0.1) is 17.7 Å². The number of H-pyrrole nitrogens is 1. The summed E-state index contributed by atoms with van der Waals surface area (Å²) in [5, 5.41) is 9.04. The van der Waals surface area contributed by atoms with E-state index in [1.165, 1.54) is 12.1 Å². The highest BCUT2D eigenvalue weighted by Crippen LogP contribution is 2.22. The van der Waals surface area contributed by atoms with Gasteiger partial charge in [0, 0.05) is 28.5 Å². The smallest absolute Gasteiger partial charge is 0.259 e. The summed E-state index contributed by atoms with van der Waals surface area (Å²) < 4.78 is 0. The van der Waals surface area contributed by atoms with Crippen molar-refractivity contribution >= 4 is 40.0 Å². The van der Waals surface area contributed by atoms with E-state index in [1.54, 1.807) is 6.07 Å². The minimum Gasteiger partial charge on any atom is -0.376 e. The molecule has 0 radical (unpaired) electrons. The summed E-state index contributed by atoms with van der Waals surface area (Å²) in [6, 6.07) is 12.3. The number of imide groups is 1. The Balaban J connectivity index is 1.45. The molecule has 4 N–H and O–H groups in total. The number of fused-ring (bicyclic) bond motifs is 2. The van der Waals surface area contributed by atoms with Crippen LogP contribution in [0.4, 0.5) is 11.4 Å². The van der Waals surface area contributed by atoms with Gasteiger partial charge >= 0.3 is 0 Å². The summed E-state index contributed by atoms with van der Waals surface area (Å²) in [4.78, 5) is 38.5. The number of anilines is 2. The quantitative estimate of drug-likeness (QED) is 0.549. The molecule has 7 nitrogen and oxygen atoms in total. The second kappa shape index (κ2) is 5.79. The number of hydrogen-bond acceptors (Lipinski definition) is 4. The van der Waals surface area contributed by atoms with E-state index in [0.717, 1.165) is 16.6 Å². The summed E-state index contributed by atoms with van der Waals surface area (Å²) in [6.07, 6.45) is 1.84. The Bertz CT molecular complexity index is 1020. The van der Waals surface area contributed by atoms with Crippen molar-refractivity contribution in [2.45, 2.75) is 0 Å². The standard InChI is InChI=1S/C18H14N4O3/c23-16(9-20-15-3-1-2-14-12(15)6-7-19-14)21-10-4-5-11-13(8-10)18(25)22-17(11)24/h1-8,19-20H,9H2,(H,21,23)(H,22,24,25). The number of rotatable bonds is 4. The minimum atomic E-state index is -0.451. The fourth-order valence-corrected chi connectivity index (χ4v) is 2.87. The van der Waals surface area contributed by atoms with Crippen LogP contribution in [-0.2, 0) is 4.79 Å². The van der Waals surface area contributed by atoms with E-state index < -0.39 is 11.8 Å². The van der Waals surface area contributed by atoms with Gasteiger partial charge in [-0.25, -0.2) is 0 Å². The lowest BCUT2D eigenvalue weighted by atomic mass is 10.1. The maximum Gasteiger partial charge on any atom is 0.259 e. The molecule has 2 heterocycles. The van der Waals surface area contributed by atoms with Crippen molar-refractivity contribution in [3.05, 3.63) is 59.8 Å². The molecular weight excluding hydrogens is 320 g/mol. The van der Waals surface area contributed by atoms with Crippen LogP contribution in [0.25, 0.3) is 10.9 Å². The van der Waals surface area contributed by atoms with Gasteiger partial charge in [-0.1, -0.05) is 6.07 Å². The second-order valence-electron chi connectivity index (χ2n) is 5.69. The first-order valence-corrected chi connectivity index (χ1v) is 7.71. The Morgan fingerprint density at radius 1 is 1.00 bits per heavy atom. The Morgan fingerprint density at radius 2 is 1.84 bits per heavy atom. The molecule has 0 atom stereocenters. The molecule has 3 aromatic rings. The third-order valence-corrected chi connectivity index (χ3v) is 4.05. The van der Waals surface area contributed by atoms with Crippen molar-refractivity contribution in [2.24, 2.45) is 0 Å². The first-order chi connectivity index (χ1) is 12.1. The largest absolute Gasteiger partial charge is 0.376 e. The van der Waals surface area contributed by atoms with E-state index >= 15 is 0 Å². The number of carbonyl (C=O) groups excluding carboxylic acids is 3. The fourth-order valence-electron chi connectivity index (χ4n) is 2.87. The summed E-state index contributed by atoms with van der Waals surface area (Å²) in [6.45, 7) is 0.0759. The van der Waals surface area contributed by atoms with Crippen LogP contribution in [0.15, 0.2) is 48.7 Å². The molecule has 7 heteroatoms. The number of amides is 3. The number of benzene rings is 2. The first kappa shape index (κ1) is 14.9. The van der Waals surface area contributed by atoms with Crippen LogP contribution in [-0.4, -0.2) is 29.3 Å². The van der Waals surface area contributed by atoms with E-state index in [1.807, 2.05) is 30.5 Å². The maximum atomic E-state index is 12.2. The highest BCUT2D eigenvalue weighted by molar-refractivity contribution is 6.22. The molecule has 25 heavy (non-hydrogen) atoms. The normalized spacial score (nSPS) is 12.8. The molecule has 4 rings (SSSR count). The van der Waals surface area contributed by atoms with Crippen LogP contribution < -0.4 is 16.0 Å². The van der Waals surface area contributed by atoms with Gasteiger partial charge in [-0.2, -0.15) is 0 Å². The molecule has 0 saturated heterocycles. The molecule has 3 amide bonds. The van der Waals surface area contributed by atoms with E-state index in [4.69, 9.17) is 0 Å². The molecule has 0 fully saturated rings. The highest BCUT2D eigenvalue weighted by Gasteiger charge is 2.26. The van der Waals surface area contributed by atoms with Gasteiger partial charge in [-0.3, -0.25) is 19.7 Å². The SMILES string of the molecule is O=C(CNc1cccc2[nH]ccc12)Nc1ccc2c(c1)C(=O)NC2=O. The zero-order valence-corrected chi connectivity index (χ0v) is 13.1. The van der Waals surface area contributed by atoms with Crippen LogP contribution in [0.5, 0.6) is 0 Å². The van der Waals surface area contributed by atoms with E-state index in [-0.39, 0.29) is 18.0 Å². The van der Waals surface area contributed by atoms with Crippen LogP contribution in [0.3, 0.4) is 0 Å². The third kappa shape index (κ3) is 2.72. The predicted octanol–water partition coefficient (Wildman–Crippen LogP) is 2.10. The summed E-state index contributed by atoms with van der Waals surface area (Å²) in [5.41, 5.74) is 2.90. The molecule has 1 aromatic heterocycles. The number of nitrogens with one attached hydrogen (secondary N) is 4. The van der Waals surface area contributed by atoms with E-state index in [2.05, 4.69) is 20.9 Å². The summed E-state index contributed by atoms with van der Waals surface area (Å²) in [7, 11) is 0. The van der Waals surface area contributed by atoms with Gasteiger partial charge in [0.15, 0.2) is 0 Å². The topological polar surface area (TPSA) is 103 Å². The second-order valence-corrected chi connectivity index (χ2v) is 5.69. The maximum absolute atomic E-state index is 12.2. The summed E-state index contributed by atoms with van der Waals surface area (Å²) >= 11 is 0. The molecule has 1 aliphatic heterocycles. The van der Waals surface area contributed by atoms with Gasteiger partial charge in [-0.15, -0.1) is 0 Å². The minimum absolute atomic E-state index is 0.0759.